The first-order chi connectivity index (χ1) is 17.0. The van der Waals surface area contributed by atoms with Gasteiger partial charge in [-0.05, 0) is 61.4 Å². The van der Waals surface area contributed by atoms with Crippen molar-refractivity contribution in [2.45, 2.75) is 83.8 Å². The SMILES string of the molecule is CC[C@H](C(=O)NC1CCCCC1)N(Cc1ccccc1C)C(=O)CCc1ccc2c(c1)OCCO2. The number of hydrogen-bond donors (Lipinski definition) is 1. The van der Waals surface area contributed by atoms with E-state index in [9.17, 15) is 9.59 Å². The first kappa shape index (κ1) is 25.1. The summed E-state index contributed by atoms with van der Waals surface area (Å²) in [6.07, 6.45) is 7.10. The van der Waals surface area contributed by atoms with E-state index in [0.717, 1.165) is 53.9 Å². The van der Waals surface area contributed by atoms with E-state index in [-0.39, 0.29) is 17.9 Å². The van der Waals surface area contributed by atoms with Crippen molar-refractivity contribution < 1.29 is 19.1 Å². The predicted octanol–water partition coefficient (Wildman–Crippen LogP) is 4.96. The summed E-state index contributed by atoms with van der Waals surface area (Å²) in [5.41, 5.74) is 3.22. The number of carbonyl (C=O) groups is 2. The van der Waals surface area contributed by atoms with Crippen molar-refractivity contribution >= 4 is 11.8 Å². The van der Waals surface area contributed by atoms with Crippen molar-refractivity contribution in [1.82, 2.24) is 10.2 Å². The minimum Gasteiger partial charge on any atom is -0.486 e. The number of ether oxygens (including phenoxy) is 2. The first-order valence-electron chi connectivity index (χ1n) is 13.1. The fourth-order valence-electron chi connectivity index (χ4n) is 5.07. The molecular weight excluding hydrogens is 440 g/mol. The van der Waals surface area contributed by atoms with Gasteiger partial charge in [0.15, 0.2) is 11.5 Å². The average molecular weight is 479 g/mol. The molecule has 0 unspecified atom stereocenters. The van der Waals surface area contributed by atoms with Gasteiger partial charge in [-0.3, -0.25) is 9.59 Å². The highest BCUT2D eigenvalue weighted by Gasteiger charge is 2.30. The van der Waals surface area contributed by atoms with Crippen molar-refractivity contribution in [3.8, 4) is 11.5 Å². The van der Waals surface area contributed by atoms with E-state index < -0.39 is 6.04 Å². The summed E-state index contributed by atoms with van der Waals surface area (Å²) >= 11 is 0. The molecule has 2 aromatic rings. The van der Waals surface area contributed by atoms with Gasteiger partial charge in [0.05, 0.1) is 0 Å². The molecule has 0 spiro atoms. The van der Waals surface area contributed by atoms with Gasteiger partial charge >= 0.3 is 0 Å². The minimum absolute atomic E-state index is 0.00575. The van der Waals surface area contributed by atoms with Crippen LogP contribution in [0.2, 0.25) is 0 Å². The molecule has 1 N–H and O–H groups in total. The monoisotopic (exact) mass is 478 g/mol. The van der Waals surface area contributed by atoms with Crippen molar-refractivity contribution in [3.63, 3.8) is 0 Å². The third kappa shape index (κ3) is 6.56. The number of benzene rings is 2. The second-order valence-electron chi connectivity index (χ2n) is 9.69. The van der Waals surface area contributed by atoms with E-state index in [1.54, 1.807) is 4.90 Å². The molecule has 1 atom stereocenters. The number of nitrogens with one attached hydrogen (secondary N) is 1. The van der Waals surface area contributed by atoms with E-state index in [4.69, 9.17) is 9.47 Å². The molecule has 6 heteroatoms. The Labute approximate surface area is 209 Å². The molecule has 188 valence electrons. The van der Waals surface area contributed by atoms with E-state index in [1.165, 1.54) is 6.42 Å². The van der Waals surface area contributed by atoms with Gasteiger partial charge in [-0.1, -0.05) is 56.5 Å². The molecule has 1 aliphatic heterocycles. The third-order valence-electron chi connectivity index (χ3n) is 7.17. The summed E-state index contributed by atoms with van der Waals surface area (Å²) < 4.78 is 11.3. The van der Waals surface area contributed by atoms with Crippen LogP contribution in [0, 0.1) is 6.92 Å². The number of nitrogens with zero attached hydrogens (tertiary/aromatic N) is 1. The smallest absolute Gasteiger partial charge is 0.243 e. The van der Waals surface area contributed by atoms with Crippen LogP contribution in [0.1, 0.15) is 68.6 Å². The van der Waals surface area contributed by atoms with Crippen molar-refractivity contribution in [1.29, 1.82) is 0 Å². The van der Waals surface area contributed by atoms with Crippen LogP contribution in [-0.2, 0) is 22.6 Å². The van der Waals surface area contributed by atoms with Crippen LogP contribution >= 0.6 is 0 Å². The van der Waals surface area contributed by atoms with Gasteiger partial charge in [0.25, 0.3) is 0 Å². The number of amides is 2. The molecule has 0 radical (unpaired) electrons. The summed E-state index contributed by atoms with van der Waals surface area (Å²) in [7, 11) is 0. The summed E-state index contributed by atoms with van der Waals surface area (Å²) in [5.74, 6) is 1.45. The molecule has 0 saturated heterocycles. The topological polar surface area (TPSA) is 67.9 Å². The zero-order valence-electron chi connectivity index (χ0n) is 21.1. The van der Waals surface area contributed by atoms with E-state index in [2.05, 4.69) is 18.3 Å². The van der Waals surface area contributed by atoms with Gasteiger partial charge in [0.2, 0.25) is 11.8 Å². The fraction of sp³-hybridized carbons (Fsp3) is 0.517. The van der Waals surface area contributed by atoms with Crippen LogP contribution in [-0.4, -0.2) is 42.0 Å². The van der Waals surface area contributed by atoms with Crippen LogP contribution in [0.3, 0.4) is 0 Å². The number of carbonyl (C=O) groups excluding carboxylic acids is 2. The molecule has 4 rings (SSSR count). The Morgan fingerprint density at radius 2 is 1.77 bits per heavy atom. The maximum absolute atomic E-state index is 13.6. The lowest BCUT2D eigenvalue weighted by molar-refractivity contribution is -0.141. The Morgan fingerprint density at radius 3 is 2.51 bits per heavy atom. The van der Waals surface area contributed by atoms with E-state index in [0.29, 0.717) is 39.0 Å². The van der Waals surface area contributed by atoms with Gasteiger partial charge < -0.3 is 19.7 Å². The molecule has 1 saturated carbocycles. The Hall–Kier alpha value is -3.02. The highest BCUT2D eigenvalue weighted by Crippen LogP contribution is 2.31. The van der Waals surface area contributed by atoms with Gasteiger partial charge in [-0.15, -0.1) is 0 Å². The normalized spacial score (nSPS) is 16.4. The molecule has 0 aromatic heterocycles. The Kier molecular flexibility index (Phi) is 8.67. The third-order valence-corrected chi connectivity index (χ3v) is 7.17. The highest BCUT2D eigenvalue weighted by atomic mass is 16.6. The lowest BCUT2D eigenvalue weighted by Crippen LogP contribution is -2.51. The standard InChI is InChI=1S/C29H38N2O4/c1-3-25(29(33)30-24-11-5-4-6-12-24)31(20-23-10-8-7-9-21(23)2)28(32)16-14-22-13-15-26-27(19-22)35-18-17-34-26/h7-10,13,15,19,24-25H,3-6,11-12,14,16-18,20H2,1-2H3,(H,30,33)/t25-/m1/s1. The predicted molar refractivity (Wildman–Crippen MR) is 137 cm³/mol. The van der Waals surface area contributed by atoms with Crippen molar-refractivity contribution in [2.75, 3.05) is 13.2 Å². The Bertz CT molecular complexity index is 1020. The minimum atomic E-state index is -0.482. The molecule has 2 aromatic carbocycles. The fourth-order valence-corrected chi connectivity index (χ4v) is 5.07. The summed E-state index contributed by atoms with van der Waals surface area (Å²) in [6, 6.07) is 13.7. The number of rotatable bonds is 9. The second kappa shape index (κ2) is 12.1. The highest BCUT2D eigenvalue weighted by molar-refractivity contribution is 5.88. The van der Waals surface area contributed by atoms with Crippen molar-refractivity contribution in [3.05, 3.63) is 59.2 Å². The number of aryl methyl sites for hydroxylation is 2. The molecule has 6 nitrogen and oxygen atoms in total. The van der Waals surface area contributed by atoms with Gasteiger partial charge in [0.1, 0.15) is 19.3 Å². The lowest BCUT2D eigenvalue weighted by atomic mass is 9.95. The number of fused-ring (bicyclic) bond motifs is 1. The molecule has 1 heterocycles. The van der Waals surface area contributed by atoms with Crippen LogP contribution in [0.15, 0.2) is 42.5 Å². The average Bonchev–Trinajstić information content (AvgIpc) is 2.88. The van der Waals surface area contributed by atoms with Crippen LogP contribution in [0.25, 0.3) is 0 Å². The molecule has 0 bridgehead atoms. The first-order valence-corrected chi connectivity index (χ1v) is 13.1. The molecular formula is C29H38N2O4. The van der Waals surface area contributed by atoms with Crippen molar-refractivity contribution in [2.24, 2.45) is 0 Å². The van der Waals surface area contributed by atoms with Gasteiger partial charge in [0, 0.05) is 19.0 Å². The molecule has 2 amide bonds. The zero-order chi connectivity index (χ0) is 24.6. The van der Waals surface area contributed by atoms with Gasteiger partial charge in [-0.2, -0.15) is 0 Å². The molecule has 1 aliphatic carbocycles. The van der Waals surface area contributed by atoms with E-state index >= 15 is 0 Å². The Balaban J connectivity index is 1.49. The summed E-state index contributed by atoms with van der Waals surface area (Å²) in [5, 5.41) is 3.25. The zero-order valence-corrected chi connectivity index (χ0v) is 21.1. The largest absolute Gasteiger partial charge is 0.486 e. The number of hydrogen-bond acceptors (Lipinski definition) is 4. The van der Waals surface area contributed by atoms with Crippen LogP contribution in [0.5, 0.6) is 11.5 Å². The summed E-state index contributed by atoms with van der Waals surface area (Å²) in [6.45, 7) is 5.57. The van der Waals surface area contributed by atoms with Crippen LogP contribution in [0.4, 0.5) is 0 Å². The molecule has 2 aliphatic rings. The van der Waals surface area contributed by atoms with Gasteiger partial charge in [-0.25, -0.2) is 0 Å². The maximum atomic E-state index is 13.6. The van der Waals surface area contributed by atoms with Crippen LogP contribution < -0.4 is 14.8 Å². The molecule has 35 heavy (non-hydrogen) atoms. The Morgan fingerprint density at radius 1 is 1.03 bits per heavy atom. The quantitative estimate of drug-likeness (QED) is 0.553. The lowest BCUT2D eigenvalue weighted by Gasteiger charge is -2.33. The second-order valence-corrected chi connectivity index (χ2v) is 9.69. The molecule has 1 fully saturated rings. The summed E-state index contributed by atoms with van der Waals surface area (Å²) in [4.78, 5) is 28.8. The van der Waals surface area contributed by atoms with E-state index in [1.807, 2.05) is 43.3 Å². The maximum Gasteiger partial charge on any atom is 0.243 e.